The van der Waals surface area contributed by atoms with E-state index in [-0.39, 0.29) is 16.8 Å². The van der Waals surface area contributed by atoms with E-state index in [9.17, 15) is 14.4 Å². The number of anilines is 1. The minimum atomic E-state index is -0.619. The summed E-state index contributed by atoms with van der Waals surface area (Å²) < 4.78 is 4.78. The molecule has 3 aromatic rings. The van der Waals surface area contributed by atoms with Gasteiger partial charge in [-0.05, 0) is 53.1 Å². The molecule has 0 aromatic heterocycles. The van der Waals surface area contributed by atoms with Crippen molar-refractivity contribution in [1.29, 1.82) is 0 Å². The molecular weight excluding hydrogens is 394 g/mol. The van der Waals surface area contributed by atoms with Crippen LogP contribution in [0.2, 0.25) is 0 Å². The third-order valence-corrected chi connectivity index (χ3v) is 4.74. The lowest BCUT2D eigenvalue weighted by Crippen LogP contribution is -2.34. The molecule has 2 amide bonds. The minimum Gasteiger partial charge on any atom is -0.465 e. The number of esters is 1. The standard InChI is InChI=1S/C24H23N3O4/c1-15(17-9-8-16-6-4-5-7-18(16)13-17)12-22(28)26-21-14-19(23(29)27-25-2)10-11-20(21)24(30)31-3/h4-14,25H,1-3H3,(H,26,28)(H,27,29). The molecule has 0 atom stereocenters. The Morgan fingerprint density at radius 1 is 0.903 bits per heavy atom. The highest BCUT2D eigenvalue weighted by atomic mass is 16.5. The van der Waals surface area contributed by atoms with Crippen molar-refractivity contribution >= 4 is 39.8 Å². The number of ether oxygens (including phenoxy) is 1. The first-order valence-electron chi connectivity index (χ1n) is 9.61. The Hall–Kier alpha value is -3.97. The molecule has 0 bridgehead atoms. The number of allylic oxidation sites excluding steroid dienone is 1. The maximum atomic E-state index is 12.7. The van der Waals surface area contributed by atoms with Crippen molar-refractivity contribution in [3.63, 3.8) is 0 Å². The number of amides is 2. The van der Waals surface area contributed by atoms with Crippen molar-refractivity contribution in [3.05, 3.63) is 83.4 Å². The number of nitrogens with one attached hydrogen (secondary N) is 3. The first-order chi connectivity index (χ1) is 14.9. The van der Waals surface area contributed by atoms with Gasteiger partial charge in [0.25, 0.3) is 5.91 Å². The summed E-state index contributed by atoms with van der Waals surface area (Å²) in [6.07, 6.45) is 1.45. The SMILES string of the molecule is CNNC(=O)c1ccc(C(=O)OC)c(NC(=O)C=C(C)c2ccc3ccccc3c2)c1. The van der Waals surface area contributed by atoms with Crippen LogP contribution in [-0.2, 0) is 9.53 Å². The molecule has 31 heavy (non-hydrogen) atoms. The van der Waals surface area contributed by atoms with Crippen molar-refractivity contribution < 1.29 is 19.1 Å². The average Bonchev–Trinajstić information content (AvgIpc) is 2.78. The molecular formula is C24H23N3O4. The fourth-order valence-electron chi connectivity index (χ4n) is 3.15. The van der Waals surface area contributed by atoms with Gasteiger partial charge in [0.15, 0.2) is 0 Å². The molecule has 158 valence electrons. The zero-order valence-corrected chi connectivity index (χ0v) is 17.5. The average molecular weight is 417 g/mol. The van der Waals surface area contributed by atoms with Crippen molar-refractivity contribution in [2.45, 2.75) is 6.92 Å². The lowest BCUT2D eigenvalue weighted by atomic mass is 10.0. The third-order valence-electron chi connectivity index (χ3n) is 4.74. The zero-order valence-electron chi connectivity index (χ0n) is 17.5. The third kappa shape index (κ3) is 5.15. The van der Waals surface area contributed by atoms with Gasteiger partial charge in [-0.1, -0.05) is 36.4 Å². The summed E-state index contributed by atoms with van der Waals surface area (Å²) in [5, 5.41) is 4.87. The van der Waals surface area contributed by atoms with Crippen LogP contribution in [0.1, 0.15) is 33.2 Å². The molecule has 0 aliphatic carbocycles. The van der Waals surface area contributed by atoms with Crippen LogP contribution in [0.3, 0.4) is 0 Å². The quantitative estimate of drug-likeness (QED) is 0.324. The van der Waals surface area contributed by atoms with Gasteiger partial charge >= 0.3 is 5.97 Å². The smallest absolute Gasteiger partial charge is 0.339 e. The number of carbonyl (C=O) groups excluding carboxylic acids is 3. The predicted octanol–water partition coefficient (Wildman–Crippen LogP) is 3.53. The van der Waals surface area contributed by atoms with Gasteiger partial charge in [0, 0.05) is 18.7 Å². The fourth-order valence-corrected chi connectivity index (χ4v) is 3.15. The van der Waals surface area contributed by atoms with Crippen LogP contribution in [0.25, 0.3) is 16.3 Å². The van der Waals surface area contributed by atoms with Gasteiger partial charge in [0.05, 0.1) is 18.4 Å². The van der Waals surface area contributed by atoms with Crippen LogP contribution in [-0.4, -0.2) is 31.9 Å². The van der Waals surface area contributed by atoms with Gasteiger partial charge in [0.1, 0.15) is 0 Å². The minimum absolute atomic E-state index is 0.147. The van der Waals surface area contributed by atoms with Gasteiger partial charge in [-0.25, -0.2) is 10.2 Å². The first kappa shape index (κ1) is 21.7. The Bertz CT molecular complexity index is 1180. The molecule has 3 rings (SSSR count). The van der Waals surface area contributed by atoms with Crippen molar-refractivity contribution in [3.8, 4) is 0 Å². The number of hydrazine groups is 1. The molecule has 0 radical (unpaired) electrons. The summed E-state index contributed by atoms with van der Waals surface area (Å²) in [4.78, 5) is 36.9. The lowest BCUT2D eigenvalue weighted by molar-refractivity contribution is -0.111. The van der Waals surface area contributed by atoms with E-state index in [1.807, 2.05) is 49.4 Å². The number of hydrogen-bond acceptors (Lipinski definition) is 5. The molecule has 0 unspecified atom stereocenters. The van der Waals surface area contributed by atoms with Gasteiger partial charge in [-0.3, -0.25) is 15.0 Å². The number of methoxy groups -OCH3 is 1. The van der Waals surface area contributed by atoms with Gasteiger partial charge < -0.3 is 10.1 Å². The molecule has 0 fully saturated rings. The van der Waals surface area contributed by atoms with Gasteiger partial charge in [-0.2, -0.15) is 0 Å². The maximum Gasteiger partial charge on any atom is 0.339 e. The van der Waals surface area contributed by atoms with Crippen LogP contribution in [0.4, 0.5) is 5.69 Å². The van der Waals surface area contributed by atoms with Crippen molar-refractivity contribution in [1.82, 2.24) is 10.9 Å². The monoisotopic (exact) mass is 417 g/mol. The Morgan fingerprint density at radius 3 is 2.32 bits per heavy atom. The molecule has 0 aliphatic heterocycles. The molecule has 3 N–H and O–H groups in total. The topological polar surface area (TPSA) is 96.5 Å². The van der Waals surface area contributed by atoms with E-state index in [0.29, 0.717) is 0 Å². The summed E-state index contributed by atoms with van der Waals surface area (Å²) >= 11 is 0. The molecule has 0 spiro atoms. The van der Waals surface area contributed by atoms with E-state index in [1.165, 1.54) is 31.4 Å². The molecule has 0 saturated heterocycles. The molecule has 0 heterocycles. The highest BCUT2D eigenvalue weighted by Crippen LogP contribution is 2.22. The number of carbonyl (C=O) groups is 3. The summed E-state index contributed by atoms with van der Waals surface area (Å²) in [5.41, 5.74) is 7.25. The maximum absolute atomic E-state index is 12.7. The number of benzene rings is 3. The normalized spacial score (nSPS) is 11.1. The van der Waals surface area contributed by atoms with Gasteiger partial charge in [-0.15, -0.1) is 0 Å². The molecule has 0 saturated carbocycles. The van der Waals surface area contributed by atoms with Gasteiger partial charge in [0.2, 0.25) is 5.91 Å². The highest BCUT2D eigenvalue weighted by molar-refractivity contribution is 6.09. The Balaban J connectivity index is 1.88. The zero-order chi connectivity index (χ0) is 22.4. The Morgan fingerprint density at radius 2 is 1.61 bits per heavy atom. The summed E-state index contributed by atoms with van der Waals surface area (Å²) in [6, 6.07) is 18.3. The van der Waals surface area contributed by atoms with E-state index in [4.69, 9.17) is 4.74 Å². The second kappa shape index (κ2) is 9.69. The second-order valence-corrected chi connectivity index (χ2v) is 6.83. The summed E-state index contributed by atoms with van der Waals surface area (Å²) in [5.74, 6) is -1.45. The number of rotatable bonds is 6. The van der Waals surface area contributed by atoms with Crippen LogP contribution in [0, 0.1) is 0 Å². The second-order valence-electron chi connectivity index (χ2n) is 6.83. The lowest BCUT2D eigenvalue weighted by Gasteiger charge is -2.11. The van der Waals surface area contributed by atoms with E-state index < -0.39 is 17.8 Å². The molecule has 3 aromatic carbocycles. The van der Waals surface area contributed by atoms with Crippen LogP contribution in [0.5, 0.6) is 0 Å². The van der Waals surface area contributed by atoms with E-state index in [0.717, 1.165) is 21.9 Å². The van der Waals surface area contributed by atoms with Crippen LogP contribution < -0.4 is 16.2 Å². The fraction of sp³-hybridized carbons (Fsp3) is 0.125. The summed E-state index contributed by atoms with van der Waals surface area (Å²) in [7, 11) is 2.81. The predicted molar refractivity (Wildman–Crippen MR) is 121 cm³/mol. The molecule has 7 heteroatoms. The Kier molecular flexibility index (Phi) is 6.79. The van der Waals surface area contributed by atoms with E-state index in [1.54, 1.807) is 7.05 Å². The van der Waals surface area contributed by atoms with E-state index in [2.05, 4.69) is 16.2 Å². The van der Waals surface area contributed by atoms with E-state index >= 15 is 0 Å². The van der Waals surface area contributed by atoms with Crippen LogP contribution in [0.15, 0.2) is 66.7 Å². The van der Waals surface area contributed by atoms with Crippen molar-refractivity contribution in [2.75, 3.05) is 19.5 Å². The Labute approximate surface area is 180 Å². The van der Waals surface area contributed by atoms with Crippen LogP contribution >= 0.6 is 0 Å². The summed E-state index contributed by atoms with van der Waals surface area (Å²) in [6.45, 7) is 1.84. The highest BCUT2D eigenvalue weighted by Gasteiger charge is 2.16. The molecule has 7 nitrogen and oxygen atoms in total. The first-order valence-corrected chi connectivity index (χ1v) is 9.61. The largest absolute Gasteiger partial charge is 0.465 e. The number of hydrogen-bond donors (Lipinski definition) is 3. The molecule has 0 aliphatic rings. The number of fused-ring (bicyclic) bond motifs is 1. The van der Waals surface area contributed by atoms with Crippen molar-refractivity contribution in [2.24, 2.45) is 0 Å².